The van der Waals surface area contributed by atoms with Gasteiger partial charge < -0.3 is 5.11 Å². The van der Waals surface area contributed by atoms with Gasteiger partial charge in [-0.2, -0.15) is 0 Å². The van der Waals surface area contributed by atoms with Crippen LogP contribution in [0.15, 0.2) is 6.07 Å². The Bertz CT molecular complexity index is 252. The quantitative estimate of drug-likeness (QED) is 0.765. The molecule has 0 saturated carbocycles. The summed E-state index contributed by atoms with van der Waals surface area (Å²) in [4.78, 5) is 2.46. The van der Waals surface area contributed by atoms with Gasteiger partial charge in [0.25, 0.3) is 0 Å². The molecular weight excluding hydrogens is 168 g/mol. The Morgan fingerprint density at radius 1 is 1.50 bits per heavy atom. The lowest BCUT2D eigenvalue weighted by Gasteiger charge is -2.06. The molecule has 0 aromatic carbocycles. The van der Waals surface area contributed by atoms with E-state index in [0.717, 1.165) is 17.7 Å². The summed E-state index contributed by atoms with van der Waals surface area (Å²) in [6, 6.07) is 2.18. The van der Waals surface area contributed by atoms with Crippen molar-refractivity contribution in [1.82, 2.24) is 0 Å². The first-order chi connectivity index (χ1) is 5.69. The highest BCUT2D eigenvalue weighted by Crippen LogP contribution is 2.29. The number of aliphatic hydroxyl groups excluding tert-OH is 1. The van der Waals surface area contributed by atoms with Crippen LogP contribution in [0.2, 0.25) is 0 Å². The first kappa shape index (κ1) is 9.75. The van der Waals surface area contributed by atoms with Crippen molar-refractivity contribution in [2.24, 2.45) is 0 Å². The Morgan fingerprint density at radius 3 is 2.67 bits per heavy atom. The number of aryl methyl sites for hydroxylation is 2. The zero-order chi connectivity index (χ0) is 9.14. The van der Waals surface area contributed by atoms with Crippen LogP contribution in [-0.2, 0) is 6.42 Å². The minimum atomic E-state index is -0.251. The van der Waals surface area contributed by atoms with Gasteiger partial charge in [0.2, 0.25) is 0 Å². The third kappa shape index (κ3) is 1.87. The lowest BCUT2D eigenvalue weighted by Crippen LogP contribution is -1.94. The molecule has 0 spiro atoms. The molecule has 0 aliphatic heterocycles. The van der Waals surface area contributed by atoms with Gasteiger partial charge in [-0.05, 0) is 31.4 Å². The predicted octanol–water partition coefficient (Wildman–Crippen LogP) is 3.06. The van der Waals surface area contributed by atoms with E-state index in [0.29, 0.717) is 0 Å². The van der Waals surface area contributed by atoms with Gasteiger partial charge >= 0.3 is 0 Å². The van der Waals surface area contributed by atoms with Crippen LogP contribution in [0.25, 0.3) is 0 Å². The summed E-state index contributed by atoms with van der Waals surface area (Å²) in [6.07, 6.45) is 1.59. The molecule has 12 heavy (non-hydrogen) atoms. The van der Waals surface area contributed by atoms with E-state index < -0.39 is 0 Å². The Kier molecular flexibility index (Phi) is 3.29. The van der Waals surface area contributed by atoms with E-state index in [-0.39, 0.29) is 6.10 Å². The van der Waals surface area contributed by atoms with Crippen molar-refractivity contribution in [2.75, 3.05) is 0 Å². The third-order valence-electron chi connectivity index (χ3n) is 2.04. The van der Waals surface area contributed by atoms with Crippen LogP contribution in [0.1, 0.15) is 41.7 Å². The van der Waals surface area contributed by atoms with E-state index in [1.54, 1.807) is 11.3 Å². The molecule has 0 amide bonds. The number of hydrogen-bond donors (Lipinski definition) is 1. The molecule has 0 aliphatic rings. The van der Waals surface area contributed by atoms with Crippen molar-refractivity contribution in [1.29, 1.82) is 0 Å². The lowest BCUT2D eigenvalue weighted by molar-refractivity contribution is 0.176. The Balaban J connectivity index is 2.96. The van der Waals surface area contributed by atoms with Crippen molar-refractivity contribution in [3.63, 3.8) is 0 Å². The second-order valence-corrected chi connectivity index (χ2v) is 4.31. The molecule has 0 aliphatic carbocycles. The molecule has 1 aromatic rings. The normalized spacial score (nSPS) is 13.3. The maximum atomic E-state index is 9.66. The highest BCUT2D eigenvalue weighted by Gasteiger charge is 2.12. The van der Waals surface area contributed by atoms with Crippen molar-refractivity contribution < 1.29 is 5.11 Å². The molecule has 0 unspecified atom stereocenters. The highest BCUT2D eigenvalue weighted by molar-refractivity contribution is 7.12. The second kappa shape index (κ2) is 4.06. The SMILES string of the molecule is CCc1cc(C)sc1[C@H](O)CC. The predicted molar refractivity (Wildman–Crippen MR) is 53.7 cm³/mol. The van der Waals surface area contributed by atoms with E-state index in [4.69, 9.17) is 0 Å². The van der Waals surface area contributed by atoms with Crippen LogP contribution in [-0.4, -0.2) is 5.11 Å². The summed E-state index contributed by atoms with van der Waals surface area (Å²) >= 11 is 1.72. The first-order valence-corrected chi connectivity index (χ1v) is 5.27. The number of thiophene rings is 1. The van der Waals surface area contributed by atoms with E-state index in [1.165, 1.54) is 10.4 Å². The monoisotopic (exact) mass is 184 g/mol. The average Bonchev–Trinajstić information content (AvgIpc) is 2.45. The van der Waals surface area contributed by atoms with Crippen LogP contribution < -0.4 is 0 Å². The van der Waals surface area contributed by atoms with Crippen molar-refractivity contribution in [3.8, 4) is 0 Å². The molecule has 1 N–H and O–H groups in total. The van der Waals surface area contributed by atoms with Gasteiger partial charge in [0.1, 0.15) is 0 Å². The summed E-state index contributed by atoms with van der Waals surface area (Å²) in [6.45, 7) is 6.24. The molecule has 1 atom stereocenters. The fourth-order valence-corrected chi connectivity index (χ4v) is 2.51. The summed E-state index contributed by atoms with van der Waals surface area (Å²) in [7, 11) is 0. The highest BCUT2D eigenvalue weighted by atomic mass is 32.1. The summed E-state index contributed by atoms with van der Waals surface area (Å²) in [5.74, 6) is 0. The van der Waals surface area contributed by atoms with Crippen LogP contribution >= 0.6 is 11.3 Å². The first-order valence-electron chi connectivity index (χ1n) is 4.46. The molecule has 2 heteroatoms. The van der Waals surface area contributed by atoms with Gasteiger partial charge in [-0.3, -0.25) is 0 Å². The van der Waals surface area contributed by atoms with E-state index >= 15 is 0 Å². The van der Waals surface area contributed by atoms with Gasteiger partial charge in [-0.1, -0.05) is 13.8 Å². The Morgan fingerprint density at radius 2 is 2.17 bits per heavy atom. The van der Waals surface area contributed by atoms with E-state index in [9.17, 15) is 5.11 Å². The van der Waals surface area contributed by atoms with Gasteiger partial charge in [-0.25, -0.2) is 0 Å². The summed E-state index contributed by atoms with van der Waals surface area (Å²) < 4.78 is 0. The van der Waals surface area contributed by atoms with Gasteiger partial charge in [0, 0.05) is 9.75 Å². The third-order valence-corrected chi connectivity index (χ3v) is 3.23. The molecule has 68 valence electrons. The van der Waals surface area contributed by atoms with Gasteiger partial charge in [0.15, 0.2) is 0 Å². The van der Waals surface area contributed by atoms with Crippen molar-refractivity contribution in [3.05, 3.63) is 21.4 Å². The molecule has 0 radical (unpaired) electrons. The zero-order valence-electron chi connectivity index (χ0n) is 7.92. The topological polar surface area (TPSA) is 20.2 Å². The van der Waals surface area contributed by atoms with Crippen LogP contribution in [0.4, 0.5) is 0 Å². The molecule has 1 heterocycles. The molecule has 1 rings (SSSR count). The molecule has 1 aromatic heterocycles. The van der Waals surface area contributed by atoms with Crippen LogP contribution in [0.3, 0.4) is 0 Å². The summed E-state index contributed by atoms with van der Waals surface area (Å²) in [5, 5.41) is 9.66. The van der Waals surface area contributed by atoms with Gasteiger partial charge in [-0.15, -0.1) is 11.3 Å². The molecule has 0 fully saturated rings. The van der Waals surface area contributed by atoms with E-state index in [1.807, 2.05) is 6.92 Å². The fourth-order valence-electron chi connectivity index (χ4n) is 1.33. The molecule has 0 saturated heterocycles. The van der Waals surface area contributed by atoms with E-state index in [2.05, 4.69) is 19.9 Å². The number of rotatable bonds is 3. The molecular formula is C10H16OS. The average molecular weight is 184 g/mol. The minimum absolute atomic E-state index is 0.251. The standard InChI is InChI=1S/C10H16OS/c1-4-8-6-7(3)12-10(8)9(11)5-2/h6,9,11H,4-5H2,1-3H3/t9-/m1/s1. The number of hydrogen-bond acceptors (Lipinski definition) is 2. The Labute approximate surface area is 78.1 Å². The second-order valence-electron chi connectivity index (χ2n) is 3.02. The largest absolute Gasteiger partial charge is 0.388 e. The Hall–Kier alpha value is -0.340. The van der Waals surface area contributed by atoms with Gasteiger partial charge in [0.05, 0.1) is 6.10 Å². The fraction of sp³-hybridized carbons (Fsp3) is 0.600. The maximum absolute atomic E-state index is 9.66. The number of aliphatic hydroxyl groups is 1. The summed E-state index contributed by atoms with van der Waals surface area (Å²) in [5.41, 5.74) is 1.31. The zero-order valence-corrected chi connectivity index (χ0v) is 8.74. The van der Waals surface area contributed by atoms with Crippen molar-refractivity contribution >= 4 is 11.3 Å². The van der Waals surface area contributed by atoms with Crippen LogP contribution in [0.5, 0.6) is 0 Å². The lowest BCUT2D eigenvalue weighted by atomic mass is 10.1. The maximum Gasteiger partial charge on any atom is 0.0882 e. The smallest absolute Gasteiger partial charge is 0.0882 e. The van der Waals surface area contributed by atoms with Crippen molar-refractivity contribution in [2.45, 2.75) is 39.7 Å². The molecule has 0 bridgehead atoms. The minimum Gasteiger partial charge on any atom is -0.388 e. The van der Waals surface area contributed by atoms with Crippen LogP contribution in [0, 0.1) is 6.92 Å². The molecule has 1 nitrogen and oxygen atoms in total.